The van der Waals surface area contributed by atoms with E-state index in [1.165, 1.54) is 0 Å². The van der Waals surface area contributed by atoms with Gasteiger partial charge < -0.3 is 4.74 Å². The maximum absolute atomic E-state index is 4.86. The minimum absolute atomic E-state index is 0.468. The first-order valence-corrected chi connectivity index (χ1v) is 2.54. The Balaban J connectivity index is 2.45. The van der Waals surface area contributed by atoms with Crippen molar-refractivity contribution in [2.24, 2.45) is 0 Å². The molecule has 0 aliphatic heterocycles. The second-order valence-electron chi connectivity index (χ2n) is 1.01. The van der Waals surface area contributed by atoms with Crippen LogP contribution in [-0.4, -0.2) is 19.8 Å². The lowest BCUT2D eigenvalue weighted by atomic mass is 10.8. The van der Waals surface area contributed by atoms with Crippen LogP contribution in [0.15, 0.2) is 0 Å². The summed E-state index contributed by atoms with van der Waals surface area (Å²) in [5, 5.41) is 0. The average molecular weight is 125 g/mol. The lowest BCUT2D eigenvalue weighted by Crippen LogP contribution is -1.97. The Labute approximate surface area is 48.5 Å². The van der Waals surface area contributed by atoms with Gasteiger partial charge in [-0.05, 0) is 6.92 Å². The normalized spacial score (nSPS) is 9.43. The first-order chi connectivity index (χ1) is 3.41. The molecule has 2 nitrogen and oxygen atoms in total. The molecule has 0 fully saturated rings. The van der Waals surface area contributed by atoms with Gasteiger partial charge in [0.05, 0.1) is 25.1 Å². The summed E-state index contributed by atoms with van der Waals surface area (Å²) in [6.45, 7) is 3.70. The third kappa shape index (κ3) is 6.21. The summed E-state index contributed by atoms with van der Waals surface area (Å²) in [4.78, 5) is 0. The highest BCUT2D eigenvalue weighted by Gasteiger charge is 1.79. The van der Waals surface area contributed by atoms with Gasteiger partial charge in [0.25, 0.3) is 0 Å². The van der Waals surface area contributed by atoms with E-state index in [2.05, 4.69) is 4.29 Å². The number of rotatable bonds is 4. The van der Waals surface area contributed by atoms with E-state index in [1.807, 2.05) is 6.92 Å². The van der Waals surface area contributed by atoms with E-state index in [0.29, 0.717) is 13.2 Å². The van der Waals surface area contributed by atoms with Crippen LogP contribution in [0.25, 0.3) is 0 Å². The molecular formula is C4H9ClO2. The molecule has 0 unspecified atom stereocenters. The van der Waals surface area contributed by atoms with Crippen molar-refractivity contribution in [1.82, 2.24) is 0 Å². The lowest BCUT2D eigenvalue weighted by molar-refractivity contribution is 0.114. The molecule has 0 aromatic carbocycles. The summed E-state index contributed by atoms with van der Waals surface area (Å²) < 4.78 is 9.06. The molecule has 44 valence electrons. The highest BCUT2D eigenvalue weighted by molar-refractivity contribution is 6.07. The fourth-order valence-corrected chi connectivity index (χ4v) is 0.298. The van der Waals surface area contributed by atoms with Crippen LogP contribution in [-0.2, 0) is 9.03 Å². The molecule has 0 heterocycles. The largest absolute Gasteiger partial charge is 0.379 e. The van der Waals surface area contributed by atoms with Crippen LogP contribution in [0.3, 0.4) is 0 Å². The Bertz CT molecular complexity index is 28.9. The SMILES string of the molecule is CCOCCOCl. The maximum atomic E-state index is 4.86. The molecule has 0 aromatic heterocycles. The van der Waals surface area contributed by atoms with Gasteiger partial charge in [-0.15, -0.1) is 0 Å². The monoisotopic (exact) mass is 124 g/mol. The van der Waals surface area contributed by atoms with Gasteiger partial charge in [0, 0.05) is 6.61 Å². The summed E-state index contributed by atoms with van der Waals surface area (Å²) in [6.07, 6.45) is 0. The number of hydrogen-bond acceptors (Lipinski definition) is 2. The van der Waals surface area contributed by atoms with Crippen molar-refractivity contribution >= 4 is 11.9 Å². The van der Waals surface area contributed by atoms with Crippen LogP contribution < -0.4 is 0 Å². The number of halogens is 1. The Hall–Kier alpha value is 0.210. The van der Waals surface area contributed by atoms with Crippen LogP contribution >= 0.6 is 11.9 Å². The first-order valence-electron chi connectivity index (χ1n) is 2.23. The van der Waals surface area contributed by atoms with Gasteiger partial charge in [-0.1, -0.05) is 0 Å². The van der Waals surface area contributed by atoms with Gasteiger partial charge in [0.1, 0.15) is 0 Å². The van der Waals surface area contributed by atoms with Gasteiger partial charge in [-0.2, -0.15) is 0 Å². The summed E-state index contributed by atoms with van der Waals surface area (Å²) in [7, 11) is 0. The fraction of sp³-hybridized carbons (Fsp3) is 1.00. The Morgan fingerprint density at radius 3 is 2.57 bits per heavy atom. The molecule has 0 saturated heterocycles. The zero-order valence-electron chi connectivity index (χ0n) is 4.32. The third-order valence-corrected chi connectivity index (χ3v) is 0.663. The van der Waals surface area contributed by atoms with E-state index in [9.17, 15) is 0 Å². The fourth-order valence-electron chi connectivity index (χ4n) is 0.235. The average Bonchev–Trinajstić information content (AvgIpc) is 1.69. The molecule has 0 spiro atoms. The molecular weight excluding hydrogens is 115 g/mol. The minimum atomic E-state index is 0.468. The van der Waals surface area contributed by atoms with Crippen molar-refractivity contribution in [2.45, 2.75) is 6.92 Å². The standard InChI is InChI=1S/C4H9ClO2/c1-2-6-3-4-7-5/h2-4H2,1H3. The van der Waals surface area contributed by atoms with Gasteiger partial charge >= 0.3 is 0 Å². The first kappa shape index (κ1) is 7.21. The maximum Gasteiger partial charge on any atom is 0.0916 e. The van der Waals surface area contributed by atoms with Crippen molar-refractivity contribution in [1.29, 1.82) is 0 Å². The lowest BCUT2D eigenvalue weighted by Gasteiger charge is -1.94. The van der Waals surface area contributed by atoms with Crippen LogP contribution in [0.1, 0.15) is 6.92 Å². The van der Waals surface area contributed by atoms with Crippen LogP contribution in [0.4, 0.5) is 0 Å². The number of ether oxygens (including phenoxy) is 1. The van der Waals surface area contributed by atoms with Crippen molar-refractivity contribution < 1.29 is 9.03 Å². The van der Waals surface area contributed by atoms with E-state index in [4.69, 9.17) is 16.6 Å². The van der Waals surface area contributed by atoms with Crippen molar-refractivity contribution in [3.8, 4) is 0 Å². The van der Waals surface area contributed by atoms with Crippen molar-refractivity contribution in [2.75, 3.05) is 19.8 Å². The molecule has 0 saturated carbocycles. The molecule has 0 atom stereocenters. The smallest absolute Gasteiger partial charge is 0.0916 e. The van der Waals surface area contributed by atoms with Crippen LogP contribution in [0, 0.1) is 0 Å². The van der Waals surface area contributed by atoms with Crippen LogP contribution in [0.2, 0.25) is 0 Å². The predicted octanol–water partition coefficient (Wildman–Crippen LogP) is 1.19. The molecule has 0 radical (unpaired) electrons. The topological polar surface area (TPSA) is 18.5 Å². The van der Waals surface area contributed by atoms with Gasteiger partial charge in [0.15, 0.2) is 0 Å². The quantitative estimate of drug-likeness (QED) is 0.525. The summed E-state index contributed by atoms with van der Waals surface area (Å²) in [5.74, 6) is 0. The van der Waals surface area contributed by atoms with Gasteiger partial charge in [-0.3, -0.25) is 4.29 Å². The molecule has 0 N–H and O–H groups in total. The van der Waals surface area contributed by atoms with E-state index in [0.717, 1.165) is 6.61 Å². The van der Waals surface area contributed by atoms with Gasteiger partial charge in [0.2, 0.25) is 0 Å². The molecule has 3 heteroatoms. The summed E-state index contributed by atoms with van der Waals surface area (Å²) >= 11 is 4.86. The Morgan fingerprint density at radius 1 is 1.43 bits per heavy atom. The Morgan fingerprint density at radius 2 is 2.14 bits per heavy atom. The Kier molecular flexibility index (Phi) is 6.40. The molecule has 0 rings (SSSR count). The molecule has 0 bridgehead atoms. The van der Waals surface area contributed by atoms with E-state index < -0.39 is 0 Å². The highest BCUT2D eigenvalue weighted by atomic mass is 35.5. The van der Waals surface area contributed by atoms with Crippen molar-refractivity contribution in [3.05, 3.63) is 0 Å². The van der Waals surface area contributed by atoms with Gasteiger partial charge in [-0.25, -0.2) is 0 Å². The zero-order valence-corrected chi connectivity index (χ0v) is 5.07. The van der Waals surface area contributed by atoms with E-state index >= 15 is 0 Å². The second kappa shape index (κ2) is 6.21. The molecule has 0 aliphatic rings. The van der Waals surface area contributed by atoms with E-state index in [1.54, 1.807) is 0 Å². The second-order valence-corrected chi connectivity index (χ2v) is 1.23. The summed E-state index contributed by atoms with van der Waals surface area (Å²) in [5.41, 5.74) is 0. The van der Waals surface area contributed by atoms with Crippen molar-refractivity contribution in [3.63, 3.8) is 0 Å². The molecule has 0 aliphatic carbocycles. The highest BCUT2D eigenvalue weighted by Crippen LogP contribution is 1.79. The summed E-state index contributed by atoms with van der Waals surface area (Å²) in [6, 6.07) is 0. The van der Waals surface area contributed by atoms with Crippen LogP contribution in [0.5, 0.6) is 0 Å². The molecule has 7 heavy (non-hydrogen) atoms. The number of hydrogen-bond donors (Lipinski definition) is 0. The van der Waals surface area contributed by atoms with E-state index in [-0.39, 0.29) is 0 Å². The zero-order chi connectivity index (χ0) is 5.54. The molecule has 0 amide bonds. The molecule has 0 aromatic rings. The minimum Gasteiger partial charge on any atom is -0.379 e. The third-order valence-electron chi connectivity index (χ3n) is 0.509. The predicted molar refractivity (Wildman–Crippen MR) is 28.3 cm³/mol.